The van der Waals surface area contributed by atoms with Crippen molar-refractivity contribution < 1.29 is 14.2 Å². The van der Waals surface area contributed by atoms with Gasteiger partial charge in [-0.05, 0) is 60.4 Å². The van der Waals surface area contributed by atoms with Crippen LogP contribution in [0.4, 0.5) is 0 Å². The van der Waals surface area contributed by atoms with Crippen molar-refractivity contribution in [1.29, 1.82) is 0 Å². The van der Waals surface area contributed by atoms with Gasteiger partial charge in [0.25, 0.3) is 0 Å². The zero-order chi connectivity index (χ0) is 23.8. The molecule has 1 aromatic heterocycles. The lowest BCUT2D eigenvalue weighted by atomic mass is 10.0. The van der Waals surface area contributed by atoms with Crippen molar-refractivity contribution in [1.82, 2.24) is 4.98 Å². The van der Waals surface area contributed by atoms with Crippen LogP contribution in [0.1, 0.15) is 30.5 Å². The smallest absolute Gasteiger partial charge is 0.225 e. The fourth-order valence-corrected chi connectivity index (χ4v) is 3.57. The third-order valence-electron chi connectivity index (χ3n) is 5.17. The molecular weight excluding hydrogens is 460 g/mol. The number of ether oxygens (including phenoxy) is 3. The topological polar surface area (TPSA) is 66.6 Å². The Labute approximate surface area is 213 Å². The first kappa shape index (κ1) is 26.1. The third kappa shape index (κ3) is 7.47. The maximum atomic E-state index is 6.20. The zero-order valence-corrected chi connectivity index (χ0v) is 20.8. The van der Waals surface area contributed by atoms with E-state index in [-0.39, 0.29) is 18.5 Å². The molecule has 4 rings (SSSR count). The molecule has 182 valence electrons. The molecule has 0 atom stereocenters. The average Bonchev–Trinajstić information content (AvgIpc) is 2.87. The van der Waals surface area contributed by atoms with E-state index in [1.54, 1.807) is 0 Å². The summed E-state index contributed by atoms with van der Waals surface area (Å²) in [7, 11) is 0. The Morgan fingerprint density at radius 2 is 1.37 bits per heavy atom. The van der Waals surface area contributed by atoms with E-state index in [9.17, 15) is 0 Å². The van der Waals surface area contributed by atoms with Gasteiger partial charge in [0.05, 0.1) is 6.10 Å². The summed E-state index contributed by atoms with van der Waals surface area (Å²) in [6.45, 7) is 5.25. The van der Waals surface area contributed by atoms with Crippen molar-refractivity contribution in [3.63, 3.8) is 0 Å². The molecule has 6 heteroatoms. The predicted octanol–water partition coefficient (Wildman–Crippen LogP) is 6.57. The van der Waals surface area contributed by atoms with E-state index in [2.05, 4.69) is 0 Å². The summed E-state index contributed by atoms with van der Waals surface area (Å²) in [5.41, 5.74) is 10.9. The van der Waals surface area contributed by atoms with E-state index >= 15 is 0 Å². The zero-order valence-electron chi connectivity index (χ0n) is 20.0. The summed E-state index contributed by atoms with van der Waals surface area (Å²) in [6, 6.07) is 29.9. The van der Waals surface area contributed by atoms with Crippen LogP contribution in [0.2, 0.25) is 0 Å². The van der Waals surface area contributed by atoms with Gasteiger partial charge in [0.15, 0.2) is 0 Å². The number of hydrogen-bond acceptors (Lipinski definition) is 5. The monoisotopic (exact) mass is 490 g/mol. The summed E-state index contributed by atoms with van der Waals surface area (Å²) < 4.78 is 18.1. The van der Waals surface area contributed by atoms with Crippen LogP contribution in [0, 0.1) is 0 Å². The van der Waals surface area contributed by atoms with E-state index < -0.39 is 0 Å². The molecule has 0 amide bonds. The van der Waals surface area contributed by atoms with Crippen LogP contribution in [0.25, 0.3) is 11.1 Å². The summed E-state index contributed by atoms with van der Waals surface area (Å²) in [5, 5.41) is 0. The second kappa shape index (κ2) is 12.8. The number of nitrogens with two attached hydrogens (primary N) is 1. The molecule has 3 aromatic carbocycles. The van der Waals surface area contributed by atoms with Gasteiger partial charge in [0.1, 0.15) is 19.0 Å². The largest absolute Gasteiger partial charge is 0.491 e. The van der Waals surface area contributed by atoms with Crippen LogP contribution in [0.3, 0.4) is 0 Å². The summed E-state index contributed by atoms with van der Waals surface area (Å²) in [6.07, 6.45) is 0.0570. The van der Waals surface area contributed by atoms with Crippen LogP contribution in [0.5, 0.6) is 17.5 Å². The van der Waals surface area contributed by atoms with Gasteiger partial charge in [0.2, 0.25) is 11.8 Å². The first-order valence-corrected chi connectivity index (χ1v) is 11.5. The highest BCUT2D eigenvalue weighted by molar-refractivity contribution is 5.85. The molecule has 5 nitrogen and oxygen atoms in total. The fraction of sp³-hybridized carbons (Fsp3) is 0.207. The molecule has 0 spiro atoms. The van der Waals surface area contributed by atoms with Crippen LogP contribution in [0.15, 0.2) is 91.0 Å². The minimum Gasteiger partial charge on any atom is -0.491 e. The second-order valence-electron chi connectivity index (χ2n) is 8.29. The van der Waals surface area contributed by atoms with E-state index in [4.69, 9.17) is 24.9 Å². The predicted molar refractivity (Wildman–Crippen MR) is 142 cm³/mol. The van der Waals surface area contributed by atoms with E-state index in [1.807, 2.05) is 105 Å². The Hall–Kier alpha value is -3.54. The lowest BCUT2D eigenvalue weighted by molar-refractivity contribution is 0.242. The number of pyridine rings is 1. The van der Waals surface area contributed by atoms with Crippen molar-refractivity contribution in [2.75, 3.05) is 0 Å². The molecule has 0 fully saturated rings. The van der Waals surface area contributed by atoms with Gasteiger partial charge in [-0.15, -0.1) is 12.4 Å². The average molecular weight is 491 g/mol. The van der Waals surface area contributed by atoms with Crippen molar-refractivity contribution >= 4 is 12.4 Å². The van der Waals surface area contributed by atoms with Crippen LogP contribution in [-0.2, 0) is 19.8 Å². The summed E-state index contributed by atoms with van der Waals surface area (Å²) in [5.74, 6) is 1.77. The minimum atomic E-state index is 0. The quantitative estimate of drug-likeness (QED) is 0.272. The van der Waals surface area contributed by atoms with E-state index in [0.717, 1.165) is 33.6 Å². The van der Waals surface area contributed by atoms with Gasteiger partial charge in [0, 0.05) is 18.2 Å². The number of aromatic nitrogens is 1. The van der Waals surface area contributed by atoms with Gasteiger partial charge in [-0.3, -0.25) is 0 Å². The highest BCUT2D eigenvalue weighted by Crippen LogP contribution is 2.34. The minimum absolute atomic E-state index is 0. The second-order valence-corrected chi connectivity index (χ2v) is 8.29. The third-order valence-corrected chi connectivity index (χ3v) is 5.17. The number of benzene rings is 3. The number of rotatable bonds is 10. The molecule has 0 radical (unpaired) electrons. The molecule has 2 N–H and O–H groups in total. The normalized spacial score (nSPS) is 10.5. The summed E-state index contributed by atoms with van der Waals surface area (Å²) in [4.78, 5) is 4.71. The van der Waals surface area contributed by atoms with Crippen molar-refractivity contribution in [2.24, 2.45) is 5.73 Å². The highest BCUT2D eigenvalue weighted by atomic mass is 35.5. The van der Waals surface area contributed by atoms with Gasteiger partial charge in [-0.2, -0.15) is 4.98 Å². The van der Waals surface area contributed by atoms with Crippen LogP contribution >= 0.6 is 12.4 Å². The first-order chi connectivity index (χ1) is 16.6. The number of hydrogen-bond donors (Lipinski definition) is 1. The molecule has 0 aliphatic carbocycles. The molecular formula is C29H31ClN2O3. The molecule has 4 aromatic rings. The number of nitrogens with zero attached hydrogens (tertiary/aromatic N) is 1. The molecule has 0 saturated carbocycles. The lowest BCUT2D eigenvalue weighted by Crippen LogP contribution is -2.07. The van der Waals surface area contributed by atoms with Gasteiger partial charge in [-0.25, -0.2) is 0 Å². The molecule has 0 aliphatic heterocycles. The molecule has 0 saturated heterocycles. The van der Waals surface area contributed by atoms with Crippen molar-refractivity contribution in [3.8, 4) is 28.6 Å². The number of halogens is 1. The maximum Gasteiger partial charge on any atom is 0.225 e. The van der Waals surface area contributed by atoms with Crippen molar-refractivity contribution in [2.45, 2.75) is 39.7 Å². The standard InChI is InChI=1S/C29H30N2O3.ClH/c1-21(2)34-26-16-24(18-30)15-25(17-26)27-13-14-28(32-19-22-9-5-3-6-10-22)31-29(27)33-20-23-11-7-4-8-12-23;/h3-17,21H,18-20,30H2,1-2H3;1H. The van der Waals surface area contributed by atoms with Gasteiger partial charge >= 0.3 is 0 Å². The molecule has 0 unspecified atom stereocenters. The van der Waals surface area contributed by atoms with Crippen molar-refractivity contribution in [3.05, 3.63) is 108 Å². The molecule has 35 heavy (non-hydrogen) atoms. The van der Waals surface area contributed by atoms with Gasteiger partial charge in [-0.1, -0.05) is 60.7 Å². The SMILES string of the molecule is CC(C)Oc1cc(CN)cc(-c2ccc(OCc3ccccc3)nc2OCc2ccccc2)c1.Cl. The first-order valence-electron chi connectivity index (χ1n) is 11.5. The van der Waals surface area contributed by atoms with E-state index in [0.29, 0.717) is 31.5 Å². The Morgan fingerprint density at radius 3 is 1.97 bits per heavy atom. The van der Waals surface area contributed by atoms with Crippen LogP contribution in [-0.4, -0.2) is 11.1 Å². The van der Waals surface area contributed by atoms with Gasteiger partial charge < -0.3 is 19.9 Å². The fourth-order valence-electron chi connectivity index (χ4n) is 3.57. The molecule has 0 bridgehead atoms. The molecule has 0 aliphatic rings. The Balaban J connectivity index is 0.00000342. The summed E-state index contributed by atoms with van der Waals surface area (Å²) >= 11 is 0. The van der Waals surface area contributed by atoms with E-state index in [1.165, 1.54) is 0 Å². The van der Waals surface area contributed by atoms with Crippen LogP contribution < -0.4 is 19.9 Å². The molecule has 1 heterocycles. The Kier molecular flexibility index (Phi) is 9.53. The maximum absolute atomic E-state index is 6.20. The Morgan fingerprint density at radius 1 is 0.743 bits per heavy atom. The highest BCUT2D eigenvalue weighted by Gasteiger charge is 2.14. The Bertz CT molecular complexity index is 1200. The lowest BCUT2D eigenvalue weighted by Gasteiger charge is -2.16.